The molecule has 4 heteroatoms. The summed E-state index contributed by atoms with van der Waals surface area (Å²) >= 11 is 1.97. The number of ether oxygens (including phenoxy) is 1. The Balaban J connectivity index is 1.90. The molecular formula is C14H19NO2S. The topological polar surface area (TPSA) is 29.5 Å². The fourth-order valence-corrected chi connectivity index (χ4v) is 2.85. The van der Waals surface area contributed by atoms with E-state index in [2.05, 4.69) is 4.90 Å². The number of hydrogen-bond acceptors (Lipinski definition) is 4. The van der Waals surface area contributed by atoms with Crippen LogP contribution < -0.4 is 0 Å². The Morgan fingerprint density at radius 2 is 2.17 bits per heavy atom. The highest BCUT2D eigenvalue weighted by molar-refractivity contribution is 7.99. The lowest BCUT2D eigenvalue weighted by Crippen LogP contribution is -2.18. The number of nitrogens with zero attached hydrogens (tertiary/aromatic N) is 1. The van der Waals surface area contributed by atoms with Crippen LogP contribution in [0.15, 0.2) is 24.3 Å². The van der Waals surface area contributed by atoms with Crippen LogP contribution in [0.3, 0.4) is 0 Å². The van der Waals surface area contributed by atoms with Crippen LogP contribution in [0.5, 0.6) is 0 Å². The van der Waals surface area contributed by atoms with Gasteiger partial charge < -0.3 is 4.74 Å². The molecule has 0 unspecified atom stereocenters. The lowest BCUT2D eigenvalue weighted by molar-refractivity contribution is 0.0505. The Kier molecular flexibility index (Phi) is 5.08. The first-order chi connectivity index (χ1) is 8.79. The molecule has 0 aromatic heterocycles. The normalized spacial score (nSPS) is 15.8. The summed E-state index contributed by atoms with van der Waals surface area (Å²) in [6.07, 6.45) is 0.858. The molecule has 18 heavy (non-hydrogen) atoms. The number of benzene rings is 1. The second-order valence-electron chi connectivity index (χ2n) is 4.42. The molecule has 0 aliphatic carbocycles. The molecular weight excluding hydrogens is 246 g/mol. The molecule has 2 rings (SSSR count). The van der Waals surface area contributed by atoms with Gasteiger partial charge in [0.05, 0.1) is 12.2 Å². The van der Waals surface area contributed by atoms with Gasteiger partial charge in [-0.15, -0.1) is 11.8 Å². The summed E-state index contributed by atoms with van der Waals surface area (Å²) in [6.45, 7) is 4.61. The zero-order valence-corrected chi connectivity index (χ0v) is 11.5. The van der Waals surface area contributed by atoms with Crippen LogP contribution in [-0.2, 0) is 11.3 Å². The summed E-state index contributed by atoms with van der Waals surface area (Å²) in [5.74, 6) is 2.11. The highest BCUT2D eigenvalue weighted by atomic mass is 32.2. The lowest BCUT2D eigenvalue weighted by atomic mass is 10.1. The van der Waals surface area contributed by atoms with Gasteiger partial charge in [0.1, 0.15) is 0 Å². The number of carbonyl (C=O) groups excluding carboxylic acids is 1. The Hall–Kier alpha value is -1.00. The molecule has 1 fully saturated rings. The monoisotopic (exact) mass is 265 g/mol. The SMILES string of the molecule is CCCOC(=O)c1ccc(CN2CCSC2)cc1. The maximum atomic E-state index is 11.6. The van der Waals surface area contributed by atoms with Crippen molar-refractivity contribution in [2.75, 3.05) is 24.8 Å². The fraction of sp³-hybridized carbons (Fsp3) is 0.500. The summed E-state index contributed by atoms with van der Waals surface area (Å²) in [5, 5.41) is 0. The summed E-state index contributed by atoms with van der Waals surface area (Å²) < 4.78 is 5.10. The molecule has 1 aliphatic heterocycles. The third-order valence-corrected chi connectivity index (χ3v) is 3.88. The van der Waals surface area contributed by atoms with Crippen molar-refractivity contribution in [2.45, 2.75) is 19.9 Å². The Morgan fingerprint density at radius 1 is 1.39 bits per heavy atom. The van der Waals surface area contributed by atoms with E-state index in [4.69, 9.17) is 4.74 Å². The van der Waals surface area contributed by atoms with Crippen molar-refractivity contribution in [1.82, 2.24) is 4.90 Å². The third-order valence-electron chi connectivity index (χ3n) is 2.86. The first-order valence-electron chi connectivity index (χ1n) is 6.35. The van der Waals surface area contributed by atoms with Gasteiger partial charge in [0, 0.05) is 24.7 Å². The van der Waals surface area contributed by atoms with Gasteiger partial charge in [0.2, 0.25) is 0 Å². The molecule has 0 spiro atoms. The van der Waals surface area contributed by atoms with E-state index in [0.717, 1.165) is 25.4 Å². The third kappa shape index (κ3) is 3.75. The number of carbonyl (C=O) groups is 1. The van der Waals surface area contributed by atoms with Crippen LogP contribution in [0.4, 0.5) is 0 Å². The number of hydrogen-bond donors (Lipinski definition) is 0. The number of thioether (sulfide) groups is 1. The van der Waals surface area contributed by atoms with Crippen LogP contribution in [0.25, 0.3) is 0 Å². The van der Waals surface area contributed by atoms with E-state index < -0.39 is 0 Å². The van der Waals surface area contributed by atoms with Gasteiger partial charge in [-0.05, 0) is 24.1 Å². The summed E-state index contributed by atoms with van der Waals surface area (Å²) in [5.41, 5.74) is 1.90. The predicted molar refractivity (Wildman–Crippen MR) is 74.8 cm³/mol. The van der Waals surface area contributed by atoms with E-state index in [1.54, 1.807) is 0 Å². The average molecular weight is 265 g/mol. The van der Waals surface area contributed by atoms with Crippen molar-refractivity contribution in [3.05, 3.63) is 35.4 Å². The standard InChI is InChI=1S/C14H19NO2S/c1-2-8-17-14(16)13-5-3-12(4-6-13)10-15-7-9-18-11-15/h3-6H,2,7-11H2,1H3. The molecule has 0 N–H and O–H groups in total. The van der Waals surface area contributed by atoms with E-state index >= 15 is 0 Å². The average Bonchev–Trinajstić information content (AvgIpc) is 2.89. The minimum atomic E-state index is -0.222. The Morgan fingerprint density at radius 3 is 2.78 bits per heavy atom. The molecule has 1 heterocycles. The van der Waals surface area contributed by atoms with Gasteiger partial charge in [-0.25, -0.2) is 4.79 Å². The van der Waals surface area contributed by atoms with Gasteiger partial charge in [-0.2, -0.15) is 0 Å². The molecule has 0 atom stereocenters. The van der Waals surface area contributed by atoms with Crippen molar-refractivity contribution in [3.63, 3.8) is 0 Å². The first kappa shape index (κ1) is 13.4. The van der Waals surface area contributed by atoms with E-state index in [9.17, 15) is 4.79 Å². The van der Waals surface area contributed by atoms with Crippen LogP contribution in [-0.4, -0.2) is 35.7 Å². The van der Waals surface area contributed by atoms with E-state index in [1.807, 2.05) is 43.0 Å². The molecule has 1 aromatic carbocycles. The van der Waals surface area contributed by atoms with Crippen LogP contribution in [0.2, 0.25) is 0 Å². The Bertz CT molecular complexity index is 385. The highest BCUT2D eigenvalue weighted by Gasteiger charge is 2.12. The van der Waals surface area contributed by atoms with Gasteiger partial charge in [-0.1, -0.05) is 19.1 Å². The zero-order chi connectivity index (χ0) is 12.8. The van der Waals surface area contributed by atoms with Gasteiger partial charge in [0.25, 0.3) is 0 Å². The number of esters is 1. The molecule has 98 valence electrons. The fourth-order valence-electron chi connectivity index (χ4n) is 1.86. The quantitative estimate of drug-likeness (QED) is 0.766. The Labute approximate surface area is 113 Å². The molecule has 0 radical (unpaired) electrons. The zero-order valence-electron chi connectivity index (χ0n) is 10.7. The summed E-state index contributed by atoms with van der Waals surface area (Å²) in [7, 11) is 0. The molecule has 1 aliphatic rings. The molecule has 1 saturated heterocycles. The minimum Gasteiger partial charge on any atom is -0.462 e. The van der Waals surface area contributed by atoms with Crippen molar-refractivity contribution >= 4 is 17.7 Å². The van der Waals surface area contributed by atoms with Crippen LogP contribution in [0.1, 0.15) is 29.3 Å². The van der Waals surface area contributed by atoms with Crippen LogP contribution >= 0.6 is 11.8 Å². The summed E-state index contributed by atoms with van der Waals surface area (Å²) in [6, 6.07) is 7.75. The maximum Gasteiger partial charge on any atom is 0.338 e. The number of rotatable bonds is 5. The van der Waals surface area contributed by atoms with E-state index in [-0.39, 0.29) is 5.97 Å². The van der Waals surface area contributed by atoms with Crippen molar-refractivity contribution in [2.24, 2.45) is 0 Å². The molecule has 0 saturated carbocycles. The lowest BCUT2D eigenvalue weighted by Gasteiger charge is -2.13. The van der Waals surface area contributed by atoms with E-state index in [0.29, 0.717) is 12.2 Å². The van der Waals surface area contributed by atoms with Gasteiger partial charge in [0.15, 0.2) is 0 Å². The minimum absolute atomic E-state index is 0.222. The smallest absolute Gasteiger partial charge is 0.338 e. The molecule has 3 nitrogen and oxygen atoms in total. The second kappa shape index (κ2) is 6.81. The van der Waals surface area contributed by atoms with Crippen LogP contribution in [0, 0.1) is 0 Å². The highest BCUT2D eigenvalue weighted by Crippen LogP contribution is 2.17. The maximum absolute atomic E-state index is 11.6. The van der Waals surface area contributed by atoms with E-state index in [1.165, 1.54) is 11.3 Å². The predicted octanol–water partition coefficient (Wildman–Crippen LogP) is 2.76. The van der Waals surface area contributed by atoms with Crippen molar-refractivity contribution < 1.29 is 9.53 Å². The first-order valence-corrected chi connectivity index (χ1v) is 7.51. The van der Waals surface area contributed by atoms with Crippen molar-refractivity contribution in [3.8, 4) is 0 Å². The van der Waals surface area contributed by atoms with Gasteiger partial charge >= 0.3 is 5.97 Å². The summed E-state index contributed by atoms with van der Waals surface area (Å²) in [4.78, 5) is 14.0. The molecule has 0 bridgehead atoms. The largest absolute Gasteiger partial charge is 0.462 e. The van der Waals surface area contributed by atoms with Crippen molar-refractivity contribution in [1.29, 1.82) is 0 Å². The molecule has 0 amide bonds. The van der Waals surface area contributed by atoms with Gasteiger partial charge in [-0.3, -0.25) is 4.90 Å². The second-order valence-corrected chi connectivity index (χ2v) is 5.50. The molecule has 1 aromatic rings.